The Hall–Kier alpha value is -1.79. The first-order chi connectivity index (χ1) is 12.5. The number of amides is 2. The molecule has 0 saturated carbocycles. The molecular formula is C19H27ClN4O2. The number of hydrogen-bond acceptors (Lipinski definition) is 4. The van der Waals surface area contributed by atoms with E-state index in [1.54, 1.807) is 0 Å². The fourth-order valence-corrected chi connectivity index (χ4v) is 4.05. The smallest absolute Gasteiger partial charge is 0.239 e. The Morgan fingerprint density at radius 2 is 1.92 bits per heavy atom. The number of anilines is 1. The molecule has 6 nitrogen and oxygen atoms in total. The molecule has 2 fully saturated rings. The highest BCUT2D eigenvalue weighted by atomic mass is 35.5. The molecule has 2 saturated heterocycles. The van der Waals surface area contributed by atoms with E-state index < -0.39 is 0 Å². The van der Waals surface area contributed by atoms with E-state index in [9.17, 15) is 9.59 Å². The van der Waals surface area contributed by atoms with Gasteiger partial charge in [-0.15, -0.1) is 0 Å². The van der Waals surface area contributed by atoms with Crippen LogP contribution in [0.1, 0.15) is 19.8 Å². The summed E-state index contributed by atoms with van der Waals surface area (Å²) >= 11 is 6.08. The molecule has 0 aliphatic carbocycles. The number of likely N-dealkylation sites (tertiary alicyclic amines) is 1. The Morgan fingerprint density at radius 3 is 2.58 bits per heavy atom. The van der Waals surface area contributed by atoms with Gasteiger partial charge in [0.25, 0.3) is 0 Å². The largest absolute Gasteiger partial charge is 0.369 e. The second-order valence-corrected chi connectivity index (χ2v) is 7.64. The minimum atomic E-state index is -0.301. The molecule has 1 aromatic carbocycles. The summed E-state index contributed by atoms with van der Waals surface area (Å²) in [6, 6.07) is 7.70. The molecule has 2 aliphatic heterocycles. The molecule has 2 atom stereocenters. The molecule has 0 aromatic heterocycles. The van der Waals surface area contributed by atoms with Crippen molar-refractivity contribution in [3.63, 3.8) is 0 Å². The Kier molecular flexibility index (Phi) is 6.04. The van der Waals surface area contributed by atoms with E-state index >= 15 is 0 Å². The zero-order valence-electron chi connectivity index (χ0n) is 15.2. The number of hydrogen-bond donors (Lipinski definition) is 1. The van der Waals surface area contributed by atoms with Crippen LogP contribution in [0.3, 0.4) is 0 Å². The van der Waals surface area contributed by atoms with Crippen LogP contribution in [0.2, 0.25) is 5.02 Å². The lowest BCUT2D eigenvalue weighted by Gasteiger charge is -2.41. The second kappa shape index (κ2) is 8.27. The minimum absolute atomic E-state index is 0.104. The number of halogens is 1. The number of rotatable bonds is 4. The van der Waals surface area contributed by atoms with Crippen LogP contribution in [0.15, 0.2) is 24.3 Å². The molecule has 2 unspecified atom stereocenters. The second-order valence-electron chi connectivity index (χ2n) is 7.20. The van der Waals surface area contributed by atoms with Gasteiger partial charge in [-0.2, -0.15) is 0 Å². The summed E-state index contributed by atoms with van der Waals surface area (Å²) in [6.45, 7) is 6.52. The highest BCUT2D eigenvalue weighted by molar-refractivity contribution is 6.30. The number of nitrogens with two attached hydrogens (primary N) is 1. The first-order valence-electron chi connectivity index (χ1n) is 9.28. The minimum Gasteiger partial charge on any atom is -0.369 e. The van der Waals surface area contributed by atoms with Gasteiger partial charge in [0, 0.05) is 50.0 Å². The van der Waals surface area contributed by atoms with Crippen molar-refractivity contribution in [1.82, 2.24) is 9.80 Å². The van der Waals surface area contributed by atoms with Crippen molar-refractivity contribution >= 4 is 29.1 Å². The summed E-state index contributed by atoms with van der Waals surface area (Å²) in [4.78, 5) is 30.6. The van der Waals surface area contributed by atoms with Crippen LogP contribution in [0.5, 0.6) is 0 Å². The van der Waals surface area contributed by atoms with Gasteiger partial charge < -0.3 is 15.5 Å². The van der Waals surface area contributed by atoms with Crippen molar-refractivity contribution in [3.05, 3.63) is 29.3 Å². The number of piperidine rings is 1. The van der Waals surface area contributed by atoms with Crippen molar-refractivity contribution in [2.24, 2.45) is 11.7 Å². The van der Waals surface area contributed by atoms with Gasteiger partial charge in [0.05, 0.1) is 12.0 Å². The molecule has 0 spiro atoms. The van der Waals surface area contributed by atoms with Crippen LogP contribution in [-0.4, -0.2) is 66.9 Å². The maximum Gasteiger partial charge on any atom is 0.239 e. The Bertz CT molecular complexity index is 661. The summed E-state index contributed by atoms with van der Waals surface area (Å²) < 4.78 is 0. The molecule has 2 aliphatic rings. The molecule has 0 bridgehead atoms. The van der Waals surface area contributed by atoms with E-state index in [2.05, 4.69) is 15.9 Å². The molecule has 26 heavy (non-hydrogen) atoms. The maximum atomic E-state index is 12.9. The number of benzene rings is 1. The van der Waals surface area contributed by atoms with Gasteiger partial charge >= 0.3 is 0 Å². The number of carbonyl (C=O) groups is 2. The third-order valence-electron chi connectivity index (χ3n) is 5.53. The van der Waals surface area contributed by atoms with Crippen LogP contribution in [0, 0.1) is 5.92 Å². The molecular weight excluding hydrogens is 352 g/mol. The van der Waals surface area contributed by atoms with E-state index in [-0.39, 0.29) is 23.8 Å². The fourth-order valence-electron chi connectivity index (χ4n) is 3.87. The van der Waals surface area contributed by atoms with E-state index in [0.29, 0.717) is 6.54 Å². The molecule has 142 valence electrons. The van der Waals surface area contributed by atoms with Crippen molar-refractivity contribution in [2.75, 3.05) is 44.2 Å². The van der Waals surface area contributed by atoms with Gasteiger partial charge in [0.15, 0.2) is 0 Å². The lowest BCUT2D eigenvalue weighted by Crippen LogP contribution is -2.56. The topological polar surface area (TPSA) is 69.9 Å². The van der Waals surface area contributed by atoms with Crippen molar-refractivity contribution in [1.29, 1.82) is 0 Å². The summed E-state index contributed by atoms with van der Waals surface area (Å²) in [5, 5.41) is 0.738. The summed E-state index contributed by atoms with van der Waals surface area (Å²) in [7, 11) is 0. The SMILES string of the molecule is CC(C(=O)N1CCCC(C(N)=O)C1)N1CCN(c2cccc(Cl)c2)CC1. The molecule has 1 aromatic rings. The van der Waals surface area contributed by atoms with Gasteiger partial charge in [-0.1, -0.05) is 17.7 Å². The Morgan fingerprint density at radius 1 is 1.19 bits per heavy atom. The normalized spacial score (nSPS) is 22.9. The van der Waals surface area contributed by atoms with Crippen molar-refractivity contribution < 1.29 is 9.59 Å². The monoisotopic (exact) mass is 378 g/mol. The van der Waals surface area contributed by atoms with Crippen LogP contribution < -0.4 is 10.6 Å². The first kappa shape index (κ1) is 19.0. The standard InChI is InChI=1S/C19H27ClN4O2/c1-14(19(26)24-7-3-4-15(13-24)18(21)25)22-8-10-23(11-9-22)17-6-2-5-16(20)12-17/h2,5-6,12,14-15H,3-4,7-11,13H2,1H3,(H2,21,25). The van der Waals surface area contributed by atoms with Crippen LogP contribution in [0.4, 0.5) is 5.69 Å². The van der Waals surface area contributed by atoms with Crippen LogP contribution >= 0.6 is 11.6 Å². The zero-order valence-corrected chi connectivity index (χ0v) is 16.0. The quantitative estimate of drug-likeness (QED) is 0.863. The molecule has 2 amide bonds. The first-order valence-corrected chi connectivity index (χ1v) is 9.66. The average Bonchev–Trinajstić information content (AvgIpc) is 2.67. The lowest BCUT2D eigenvalue weighted by atomic mass is 9.97. The van der Waals surface area contributed by atoms with Gasteiger partial charge in [-0.25, -0.2) is 0 Å². The Balaban J connectivity index is 1.55. The Labute approximate surface area is 159 Å². The number of primary amides is 1. The molecule has 0 radical (unpaired) electrons. The highest BCUT2D eigenvalue weighted by Crippen LogP contribution is 2.22. The molecule has 3 rings (SSSR count). The number of nitrogens with zero attached hydrogens (tertiary/aromatic N) is 3. The van der Waals surface area contributed by atoms with E-state index in [4.69, 9.17) is 17.3 Å². The number of piperazine rings is 1. The molecule has 2 heterocycles. The average molecular weight is 379 g/mol. The van der Waals surface area contributed by atoms with Crippen LogP contribution in [-0.2, 0) is 9.59 Å². The summed E-state index contributed by atoms with van der Waals surface area (Å²) in [6.07, 6.45) is 1.63. The summed E-state index contributed by atoms with van der Waals surface area (Å²) in [5.41, 5.74) is 6.55. The van der Waals surface area contributed by atoms with E-state index in [1.165, 1.54) is 0 Å². The predicted molar refractivity (Wildman–Crippen MR) is 103 cm³/mol. The third kappa shape index (κ3) is 4.30. The third-order valence-corrected chi connectivity index (χ3v) is 5.76. The van der Waals surface area contributed by atoms with E-state index in [1.807, 2.05) is 30.0 Å². The van der Waals surface area contributed by atoms with Crippen molar-refractivity contribution in [3.8, 4) is 0 Å². The highest BCUT2D eigenvalue weighted by Gasteiger charge is 2.32. The summed E-state index contributed by atoms with van der Waals surface area (Å²) in [5.74, 6) is -0.406. The van der Waals surface area contributed by atoms with Gasteiger partial charge in [-0.3, -0.25) is 14.5 Å². The zero-order chi connectivity index (χ0) is 18.7. The molecule has 7 heteroatoms. The predicted octanol–water partition coefficient (Wildman–Crippen LogP) is 1.57. The van der Waals surface area contributed by atoms with Crippen LogP contribution in [0.25, 0.3) is 0 Å². The van der Waals surface area contributed by atoms with Crippen molar-refractivity contribution in [2.45, 2.75) is 25.8 Å². The lowest BCUT2D eigenvalue weighted by molar-refractivity contribution is -0.139. The maximum absolute atomic E-state index is 12.9. The van der Waals surface area contributed by atoms with E-state index in [0.717, 1.165) is 56.3 Å². The van der Waals surface area contributed by atoms with Gasteiger partial charge in [0.1, 0.15) is 0 Å². The molecule has 2 N–H and O–H groups in total. The fraction of sp³-hybridized carbons (Fsp3) is 0.579. The number of carbonyl (C=O) groups excluding carboxylic acids is 2. The van der Waals surface area contributed by atoms with Gasteiger partial charge in [0.2, 0.25) is 11.8 Å². The van der Waals surface area contributed by atoms with Gasteiger partial charge in [-0.05, 0) is 38.0 Å².